The van der Waals surface area contributed by atoms with Gasteiger partial charge in [-0.2, -0.15) is 5.10 Å². The summed E-state index contributed by atoms with van der Waals surface area (Å²) in [7, 11) is 0. The van der Waals surface area contributed by atoms with Crippen molar-refractivity contribution in [1.82, 2.24) is 5.32 Å². The van der Waals surface area contributed by atoms with Gasteiger partial charge in [-0.15, -0.1) is 5.10 Å². The molecule has 0 unspecified atom stereocenters. The molecule has 3 rings (SSSR count). The molecule has 8 heteroatoms. The van der Waals surface area contributed by atoms with Gasteiger partial charge in [0.25, 0.3) is 5.91 Å². The van der Waals surface area contributed by atoms with Crippen LogP contribution in [0.25, 0.3) is 6.08 Å². The predicted octanol–water partition coefficient (Wildman–Crippen LogP) is 4.29. The van der Waals surface area contributed by atoms with Crippen molar-refractivity contribution in [1.29, 1.82) is 0 Å². The Morgan fingerprint density at radius 2 is 1.80 bits per heavy atom. The third-order valence-electron chi connectivity index (χ3n) is 3.15. The molecule has 1 fully saturated rings. The van der Waals surface area contributed by atoms with Crippen molar-refractivity contribution in [2.75, 3.05) is 0 Å². The van der Waals surface area contributed by atoms with E-state index in [1.807, 2.05) is 0 Å². The highest BCUT2D eigenvalue weighted by Gasteiger charge is 2.24. The van der Waals surface area contributed by atoms with E-state index in [4.69, 9.17) is 23.2 Å². The number of nitrogens with zero attached hydrogens (tertiary/aromatic N) is 2. The number of thioether (sulfide) groups is 1. The molecular formula is C17H11Cl2N3O2S. The monoisotopic (exact) mass is 391 g/mol. The number of phenolic OH excluding ortho intramolecular Hbond substituents is 1. The first-order valence-corrected chi connectivity index (χ1v) is 8.64. The summed E-state index contributed by atoms with van der Waals surface area (Å²) in [5.41, 5.74) is 1.29. The van der Waals surface area contributed by atoms with Crippen molar-refractivity contribution < 1.29 is 9.90 Å². The molecule has 5 nitrogen and oxygen atoms in total. The van der Waals surface area contributed by atoms with E-state index in [1.165, 1.54) is 6.07 Å². The van der Waals surface area contributed by atoms with Crippen LogP contribution in [0.5, 0.6) is 5.75 Å². The van der Waals surface area contributed by atoms with Gasteiger partial charge in [0.2, 0.25) is 0 Å². The summed E-state index contributed by atoms with van der Waals surface area (Å²) in [4.78, 5) is 12.4. The first-order chi connectivity index (χ1) is 12.0. The molecule has 0 aromatic heterocycles. The van der Waals surface area contributed by atoms with Crippen molar-refractivity contribution in [2.45, 2.75) is 0 Å². The van der Waals surface area contributed by atoms with E-state index in [0.29, 0.717) is 25.7 Å². The second-order valence-electron chi connectivity index (χ2n) is 4.97. The first kappa shape index (κ1) is 17.5. The fourth-order valence-corrected chi connectivity index (χ4v) is 3.03. The molecule has 0 atom stereocenters. The van der Waals surface area contributed by atoms with Crippen LogP contribution in [0.3, 0.4) is 0 Å². The second-order valence-corrected chi connectivity index (χ2v) is 6.87. The summed E-state index contributed by atoms with van der Waals surface area (Å²) >= 11 is 12.8. The molecule has 2 aromatic carbocycles. The fraction of sp³-hybridized carbons (Fsp3) is 0. The molecule has 1 heterocycles. The maximum Gasteiger partial charge on any atom is 0.264 e. The molecule has 2 aromatic rings. The van der Waals surface area contributed by atoms with Crippen molar-refractivity contribution in [2.24, 2.45) is 10.2 Å². The number of amidine groups is 1. The number of nitrogens with one attached hydrogen (secondary N) is 1. The molecule has 0 aliphatic carbocycles. The van der Waals surface area contributed by atoms with Crippen LogP contribution in [0.4, 0.5) is 0 Å². The summed E-state index contributed by atoms with van der Waals surface area (Å²) < 4.78 is 0. The Morgan fingerprint density at radius 1 is 1.08 bits per heavy atom. The largest absolute Gasteiger partial charge is 0.507 e. The summed E-state index contributed by atoms with van der Waals surface area (Å²) in [6, 6.07) is 11.7. The van der Waals surface area contributed by atoms with Crippen LogP contribution in [0.15, 0.2) is 57.6 Å². The van der Waals surface area contributed by atoms with Crippen molar-refractivity contribution in [3.05, 3.63) is 68.5 Å². The minimum atomic E-state index is -0.315. The Balaban J connectivity index is 1.74. The lowest BCUT2D eigenvalue weighted by molar-refractivity contribution is -0.115. The van der Waals surface area contributed by atoms with Gasteiger partial charge in [0, 0.05) is 15.6 Å². The van der Waals surface area contributed by atoms with Gasteiger partial charge in [-0.05, 0) is 53.7 Å². The van der Waals surface area contributed by atoms with E-state index in [-0.39, 0.29) is 11.7 Å². The highest BCUT2D eigenvalue weighted by molar-refractivity contribution is 8.18. The number of phenols is 1. The minimum Gasteiger partial charge on any atom is -0.507 e. The number of carbonyl (C=O) groups is 1. The molecule has 0 bridgehead atoms. The minimum absolute atomic E-state index is 0.0384. The van der Waals surface area contributed by atoms with E-state index >= 15 is 0 Å². The van der Waals surface area contributed by atoms with Crippen LogP contribution < -0.4 is 5.32 Å². The average Bonchev–Trinajstić information content (AvgIpc) is 2.92. The molecule has 0 saturated carbocycles. The Hall–Kier alpha value is -2.28. The number of amides is 1. The highest BCUT2D eigenvalue weighted by Crippen LogP contribution is 2.30. The van der Waals surface area contributed by atoms with E-state index in [1.54, 1.807) is 48.7 Å². The summed E-state index contributed by atoms with van der Waals surface area (Å²) in [5.74, 6) is -0.277. The lowest BCUT2D eigenvalue weighted by Gasteiger charge is -2.00. The number of rotatable bonds is 3. The standard InChI is InChI=1S/C17H11Cl2N3O2S/c18-12-3-1-10(2-4-12)9-20-22-17-21-16(24)15(25-17)8-11-7-13(19)5-6-14(11)23/h1-9,23H,(H,21,22,24)/b15-8+,20-9?. The zero-order chi connectivity index (χ0) is 17.8. The third kappa shape index (κ3) is 4.63. The highest BCUT2D eigenvalue weighted by atomic mass is 35.5. The van der Waals surface area contributed by atoms with Crippen LogP contribution in [0, 0.1) is 0 Å². The molecule has 126 valence electrons. The van der Waals surface area contributed by atoms with Gasteiger partial charge in [-0.3, -0.25) is 10.1 Å². The topological polar surface area (TPSA) is 74.0 Å². The van der Waals surface area contributed by atoms with Crippen LogP contribution in [0.2, 0.25) is 10.0 Å². The molecule has 0 spiro atoms. The molecule has 25 heavy (non-hydrogen) atoms. The van der Waals surface area contributed by atoms with Crippen LogP contribution >= 0.6 is 35.0 Å². The average molecular weight is 392 g/mol. The van der Waals surface area contributed by atoms with Gasteiger partial charge in [0.15, 0.2) is 5.17 Å². The zero-order valence-corrected chi connectivity index (χ0v) is 14.9. The molecular weight excluding hydrogens is 381 g/mol. The normalized spacial score (nSPS) is 17.6. The van der Waals surface area contributed by atoms with Crippen LogP contribution in [-0.4, -0.2) is 22.4 Å². The van der Waals surface area contributed by atoms with E-state index in [9.17, 15) is 9.90 Å². The number of halogens is 2. The Kier molecular flexibility index (Phi) is 5.43. The zero-order valence-electron chi connectivity index (χ0n) is 12.6. The van der Waals surface area contributed by atoms with Crippen molar-refractivity contribution >= 4 is 58.3 Å². The first-order valence-electron chi connectivity index (χ1n) is 7.07. The number of hydrogen-bond donors (Lipinski definition) is 2. The Bertz CT molecular complexity index is 909. The molecule has 0 radical (unpaired) electrons. The van der Waals surface area contributed by atoms with E-state index in [0.717, 1.165) is 17.3 Å². The smallest absolute Gasteiger partial charge is 0.264 e. The summed E-state index contributed by atoms with van der Waals surface area (Å²) in [5, 5.41) is 21.8. The molecule has 1 amide bonds. The van der Waals surface area contributed by atoms with E-state index in [2.05, 4.69) is 15.5 Å². The van der Waals surface area contributed by atoms with Gasteiger partial charge in [0.05, 0.1) is 11.1 Å². The van der Waals surface area contributed by atoms with Gasteiger partial charge in [-0.25, -0.2) is 0 Å². The lowest BCUT2D eigenvalue weighted by Crippen LogP contribution is -2.19. The quantitative estimate of drug-likeness (QED) is 0.465. The third-order valence-corrected chi connectivity index (χ3v) is 4.54. The molecule has 2 N–H and O–H groups in total. The maximum atomic E-state index is 12.0. The maximum absolute atomic E-state index is 12.0. The van der Waals surface area contributed by atoms with Crippen molar-refractivity contribution in [3.63, 3.8) is 0 Å². The van der Waals surface area contributed by atoms with Gasteiger partial charge in [-0.1, -0.05) is 35.3 Å². The number of benzene rings is 2. The van der Waals surface area contributed by atoms with Gasteiger partial charge >= 0.3 is 0 Å². The second kappa shape index (κ2) is 7.74. The number of hydrogen-bond acceptors (Lipinski definition) is 5. The summed E-state index contributed by atoms with van der Waals surface area (Å²) in [6.45, 7) is 0. The van der Waals surface area contributed by atoms with Crippen LogP contribution in [-0.2, 0) is 4.79 Å². The van der Waals surface area contributed by atoms with E-state index < -0.39 is 0 Å². The SMILES string of the molecule is O=C1NC(=NN=Cc2ccc(Cl)cc2)S/C1=C/c1cc(Cl)ccc1O. The fourth-order valence-electron chi connectivity index (χ4n) is 1.95. The van der Waals surface area contributed by atoms with Gasteiger partial charge < -0.3 is 5.11 Å². The lowest BCUT2D eigenvalue weighted by atomic mass is 10.2. The van der Waals surface area contributed by atoms with Crippen molar-refractivity contribution in [3.8, 4) is 5.75 Å². The summed E-state index contributed by atoms with van der Waals surface area (Å²) in [6.07, 6.45) is 3.10. The molecule has 1 saturated heterocycles. The number of carbonyl (C=O) groups excluding carboxylic acids is 1. The molecule has 1 aliphatic rings. The predicted molar refractivity (Wildman–Crippen MR) is 103 cm³/mol. The van der Waals surface area contributed by atoms with Gasteiger partial charge in [0.1, 0.15) is 5.75 Å². The molecule has 1 aliphatic heterocycles. The van der Waals surface area contributed by atoms with Crippen LogP contribution in [0.1, 0.15) is 11.1 Å². The number of aromatic hydroxyl groups is 1. The Morgan fingerprint density at radius 3 is 2.56 bits per heavy atom. The Labute approximate surface area is 158 Å².